The minimum absolute atomic E-state index is 0.809. The van der Waals surface area contributed by atoms with Gasteiger partial charge in [0.1, 0.15) is 0 Å². The third-order valence-corrected chi connectivity index (χ3v) is 2.19. The molecule has 0 amide bonds. The zero-order valence-electron chi connectivity index (χ0n) is 6.22. The molecule has 12 heavy (non-hydrogen) atoms. The molecule has 0 aliphatic rings. The van der Waals surface area contributed by atoms with Gasteiger partial charge in [-0.05, 0) is 37.4 Å². The van der Waals surface area contributed by atoms with Crippen LogP contribution in [0.1, 0.15) is 5.56 Å². The van der Waals surface area contributed by atoms with Gasteiger partial charge in [0.15, 0.2) is 0 Å². The molecule has 0 saturated carbocycles. The Balaban J connectivity index is 3.17. The van der Waals surface area contributed by atoms with Crippen LogP contribution in [0.4, 0.5) is 0 Å². The quantitative estimate of drug-likeness (QED) is 0.689. The smallest absolute Gasteiger partial charge is 0.0766 e. The van der Waals surface area contributed by atoms with Crippen molar-refractivity contribution in [2.45, 2.75) is 0 Å². The van der Waals surface area contributed by atoms with Crippen LogP contribution in [-0.4, -0.2) is 0 Å². The molecule has 0 saturated heterocycles. The van der Waals surface area contributed by atoms with Gasteiger partial charge in [-0.1, -0.05) is 36.3 Å². The van der Waals surface area contributed by atoms with Gasteiger partial charge in [-0.3, -0.25) is 0 Å². The minimum Gasteiger partial charge on any atom is -0.115 e. The average molecular weight is 286 g/mol. The molecular weight excluding hydrogens is 280 g/mol. The van der Waals surface area contributed by atoms with Crippen LogP contribution in [0.15, 0.2) is 33.7 Å². The summed E-state index contributed by atoms with van der Waals surface area (Å²) >= 11 is 6.58. The first-order valence-corrected chi connectivity index (χ1v) is 4.91. The summed E-state index contributed by atoms with van der Waals surface area (Å²) in [7, 11) is 0. The summed E-state index contributed by atoms with van der Waals surface area (Å²) in [6, 6.07) is 9.81. The summed E-state index contributed by atoms with van der Waals surface area (Å²) in [5.74, 6) is 2.60. The van der Waals surface area contributed by atoms with Crippen LogP contribution in [0.25, 0.3) is 5.57 Å². The van der Waals surface area contributed by atoms with Crippen molar-refractivity contribution in [3.8, 4) is 12.3 Å². The fourth-order valence-corrected chi connectivity index (χ4v) is 1.54. The molecule has 0 bridgehead atoms. The van der Waals surface area contributed by atoms with Crippen LogP contribution in [0, 0.1) is 12.3 Å². The molecule has 2 heteroatoms. The van der Waals surface area contributed by atoms with E-state index in [9.17, 15) is 0 Å². The second-order valence-corrected chi connectivity index (χ2v) is 4.80. The molecule has 1 aromatic carbocycles. The highest BCUT2D eigenvalue weighted by Gasteiger charge is 2.00. The molecule has 0 unspecified atom stereocenters. The van der Waals surface area contributed by atoms with Crippen molar-refractivity contribution in [3.05, 3.63) is 39.3 Å². The molecule has 0 aliphatic carbocycles. The van der Waals surface area contributed by atoms with Crippen LogP contribution in [-0.2, 0) is 0 Å². The zero-order valence-corrected chi connectivity index (χ0v) is 9.39. The van der Waals surface area contributed by atoms with Crippen molar-refractivity contribution in [1.29, 1.82) is 0 Å². The van der Waals surface area contributed by atoms with Crippen molar-refractivity contribution in [1.82, 2.24) is 0 Å². The Morgan fingerprint density at radius 1 is 1.17 bits per heavy atom. The van der Waals surface area contributed by atoms with E-state index in [0.29, 0.717) is 0 Å². The fourth-order valence-electron chi connectivity index (χ4n) is 0.852. The van der Waals surface area contributed by atoms with E-state index in [4.69, 9.17) is 6.42 Å². The highest BCUT2D eigenvalue weighted by molar-refractivity contribution is 9.28. The maximum atomic E-state index is 5.34. The van der Waals surface area contributed by atoms with Crippen LogP contribution in [0.5, 0.6) is 0 Å². The molecule has 0 aromatic heterocycles. The first-order chi connectivity index (χ1) is 5.75. The Kier molecular flexibility index (Phi) is 3.58. The van der Waals surface area contributed by atoms with Crippen molar-refractivity contribution in [3.63, 3.8) is 0 Å². The molecule has 0 aliphatic heterocycles. The largest absolute Gasteiger partial charge is 0.115 e. The van der Waals surface area contributed by atoms with E-state index >= 15 is 0 Å². The highest BCUT2D eigenvalue weighted by atomic mass is 79.9. The standard InChI is InChI=1S/C10H6Br2/c1-2-9(10(11)12)8-6-4-3-5-7-8/h1,3-7H. The second-order valence-electron chi connectivity index (χ2n) is 2.15. The third kappa shape index (κ3) is 2.23. The molecule has 60 valence electrons. The number of hydrogen-bond acceptors (Lipinski definition) is 0. The van der Waals surface area contributed by atoms with Crippen molar-refractivity contribution in [2.24, 2.45) is 0 Å². The predicted molar refractivity (Wildman–Crippen MR) is 60.0 cm³/mol. The van der Waals surface area contributed by atoms with Gasteiger partial charge in [-0.15, -0.1) is 6.42 Å². The van der Waals surface area contributed by atoms with Crippen molar-refractivity contribution < 1.29 is 0 Å². The molecule has 0 fully saturated rings. The van der Waals surface area contributed by atoms with Crippen LogP contribution >= 0.6 is 31.9 Å². The molecule has 1 aromatic rings. The molecule has 0 spiro atoms. The van der Waals surface area contributed by atoms with Gasteiger partial charge >= 0.3 is 0 Å². The van der Waals surface area contributed by atoms with Gasteiger partial charge in [0.05, 0.1) is 8.96 Å². The van der Waals surface area contributed by atoms with E-state index < -0.39 is 0 Å². The SMILES string of the molecule is C#CC(=C(Br)Br)c1ccccc1. The molecule has 0 N–H and O–H groups in total. The lowest BCUT2D eigenvalue weighted by atomic mass is 10.1. The van der Waals surface area contributed by atoms with Gasteiger partial charge in [0.25, 0.3) is 0 Å². The summed E-state index contributed by atoms with van der Waals surface area (Å²) in [5.41, 5.74) is 1.86. The van der Waals surface area contributed by atoms with E-state index in [1.165, 1.54) is 0 Å². The summed E-state index contributed by atoms with van der Waals surface area (Å²) in [4.78, 5) is 0. The Bertz CT molecular complexity index is 327. The van der Waals surface area contributed by atoms with Gasteiger partial charge < -0.3 is 0 Å². The molecule has 0 radical (unpaired) electrons. The Morgan fingerprint density at radius 2 is 1.75 bits per heavy atom. The van der Waals surface area contributed by atoms with E-state index in [1.807, 2.05) is 30.3 Å². The number of terminal acetylenes is 1. The molecular formula is C10H6Br2. The highest BCUT2D eigenvalue weighted by Crippen LogP contribution is 2.26. The number of hydrogen-bond donors (Lipinski definition) is 0. The van der Waals surface area contributed by atoms with E-state index in [0.717, 1.165) is 14.5 Å². The summed E-state index contributed by atoms with van der Waals surface area (Å²) in [5, 5.41) is 0. The molecule has 0 heterocycles. The fraction of sp³-hybridized carbons (Fsp3) is 0. The minimum atomic E-state index is 0.809. The monoisotopic (exact) mass is 284 g/mol. The number of allylic oxidation sites excluding steroid dienone is 1. The van der Waals surface area contributed by atoms with E-state index in [-0.39, 0.29) is 0 Å². The average Bonchev–Trinajstić information content (AvgIpc) is 2.07. The lowest BCUT2D eigenvalue weighted by molar-refractivity contribution is 1.64. The third-order valence-electron chi connectivity index (χ3n) is 1.40. The summed E-state index contributed by atoms with van der Waals surface area (Å²) in [6.45, 7) is 0. The molecule has 0 atom stereocenters. The van der Waals surface area contributed by atoms with Crippen LogP contribution in [0.2, 0.25) is 0 Å². The Labute approximate surface area is 88.9 Å². The number of rotatable bonds is 1. The lowest BCUT2D eigenvalue weighted by Gasteiger charge is -1.98. The van der Waals surface area contributed by atoms with Crippen LogP contribution < -0.4 is 0 Å². The Morgan fingerprint density at radius 3 is 2.17 bits per heavy atom. The lowest BCUT2D eigenvalue weighted by Crippen LogP contribution is -1.79. The summed E-state index contributed by atoms with van der Waals surface area (Å²) in [6.07, 6.45) is 5.34. The molecule has 1 rings (SSSR count). The van der Waals surface area contributed by atoms with Gasteiger partial charge in [-0.25, -0.2) is 0 Å². The number of halogens is 2. The summed E-state index contributed by atoms with van der Waals surface area (Å²) < 4.78 is 0.809. The van der Waals surface area contributed by atoms with Crippen LogP contribution in [0.3, 0.4) is 0 Å². The zero-order chi connectivity index (χ0) is 8.97. The normalized spacial score (nSPS) is 8.75. The van der Waals surface area contributed by atoms with Gasteiger partial charge in [-0.2, -0.15) is 0 Å². The maximum Gasteiger partial charge on any atom is 0.0766 e. The maximum absolute atomic E-state index is 5.34. The van der Waals surface area contributed by atoms with Crippen molar-refractivity contribution in [2.75, 3.05) is 0 Å². The van der Waals surface area contributed by atoms with E-state index in [1.54, 1.807) is 0 Å². The first-order valence-electron chi connectivity index (χ1n) is 3.33. The van der Waals surface area contributed by atoms with Gasteiger partial charge in [0, 0.05) is 0 Å². The number of benzene rings is 1. The molecule has 0 nitrogen and oxygen atoms in total. The Hall–Kier alpha value is -0.520. The predicted octanol–water partition coefficient (Wildman–Crippen LogP) is 3.78. The second kappa shape index (κ2) is 4.49. The van der Waals surface area contributed by atoms with Crippen molar-refractivity contribution >= 4 is 37.4 Å². The topological polar surface area (TPSA) is 0 Å². The van der Waals surface area contributed by atoms with E-state index in [2.05, 4.69) is 37.8 Å². The first kappa shape index (κ1) is 9.57. The van der Waals surface area contributed by atoms with Gasteiger partial charge in [0.2, 0.25) is 0 Å².